The van der Waals surface area contributed by atoms with Crippen LogP contribution in [0.2, 0.25) is 5.02 Å². The minimum atomic E-state index is -0.826. The molecule has 0 atom stereocenters. The van der Waals surface area contributed by atoms with Crippen molar-refractivity contribution in [1.29, 1.82) is 0 Å². The second-order valence-corrected chi connectivity index (χ2v) is 4.38. The van der Waals surface area contributed by atoms with E-state index >= 15 is 0 Å². The zero-order chi connectivity index (χ0) is 11.6. The lowest BCUT2D eigenvalue weighted by Gasteiger charge is -2.37. The van der Waals surface area contributed by atoms with Gasteiger partial charge in [0, 0.05) is 17.3 Å². The van der Waals surface area contributed by atoms with E-state index in [-0.39, 0.29) is 13.2 Å². The summed E-state index contributed by atoms with van der Waals surface area (Å²) in [5.74, 6) is -0.826. The third kappa shape index (κ3) is 2.13. The second-order valence-electron chi connectivity index (χ2n) is 3.94. The highest BCUT2D eigenvalue weighted by Crippen LogP contribution is 2.28. The van der Waals surface area contributed by atoms with Gasteiger partial charge in [-0.2, -0.15) is 0 Å². The van der Waals surface area contributed by atoms with Crippen LogP contribution in [-0.2, 0) is 9.53 Å². The molecule has 0 saturated carbocycles. The average molecular weight is 242 g/mol. The van der Waals surface area contributed by atoms with E-state index in [2.05, 4.69) is 5.32 Å². The minimum absolute atomic E-state index is 0.260. The van der Waals surface area contributed by atoms with Gasteiger partial charge in [0.05, 0.1) is 13.2 Å². The third-order valence-corrected chi connectivity index (χ3v) is 2.90. The summed E-state index contributed by atoms with van der Waals surface area (Å²) in [7, 11) is 0. The number of rotatable bonds is 4. The average Bonchev–Trinajstić information content (AvgIpc) is 2.15. The molecule has 16 heavy (non-hydrogen) atoms. The third-order valence-electron chi connectivity index (χ3n) is 2.67. The van der Waals surface area contributed by atoms with Gasteiger partial charge in [0.15, 0.2) is 0 Å². The van der Waals surface area contributed by atoms with Gasteiger partial charge in [0.2, 0.25) is 0 Å². The SMILES string of the molecule is O=C(O)C1(CNc2cccc(Cl)c2)COC1. The van der Waals surface area contributed by atoms with Gasteiger partial charge in [0.1, 0.15) is 5.41 Å². The predicted octanol–water partition coefficient (Wildman–Crippen LogP) is 1.85. The van der Waals surface area contributed by atoms with Gasteiger partial charge in [-0.15, -0.1) is 0 Å². The lowest BCUT2D eigenvalue weighted by molar-refractivity contribution is -0.176. The lowest BCUT2D eigenvalue weighted by Crippen LogP contribution is -2.53. The Bertz CT molecular complexity index is 404. The Morgan fingerprint density at radius 3 is 2.81 bits per heavy atom. The maximum Gasteiger partial charge on any atom is 0.316 e. The van der Waals surface area contributed by atoms with E-state index in [4.69, 9.17) is 21.4 Å². The molecule has 4 nitrogen and oxygen atoms in total. The summed E-state index contributed by atoms with van der Waals surface area (Å²) < 4.78 is 4.96. The van der Waals surface area contributed by atoms with Crippen molar-refractivity contribution in [1.82, 2.24) is 0 Å². The van der Waals surface area contributed by atoms with Crippen molar-refractivity contribution < 1.29 is 14.6 Å². The number of anilines is 1. The molecule has 0 spiro atoms. The Hall–Kier alpha value is -1.26. The molecule has 1 aromatic carbocycles. The molecule has 5 heteroatoms. The number of halogens is 1. The molecule has 0 amide bonds. The second kappa shape index (κ2) is 4.31. The molecule has 0 unspecified atom stereocenters. The van der Waals surface area contributed by atoms with Crippen molar-refractivity contribution in [3.63, 3.8) is 0 Å². The first kappa shape index (κ1) is 11.2. The van der Waals surface area contributed by atoms with E-state index in [1.807, 2.05) is 12.1 Å². The largest absolute Gasteiger partial charge is 0.481 e. The van der Waals surface area contributed by atoms with Crippen molar-refractivity contribution in [3.8, 4) is 0 Å². The lowest BCUT2D eigenvalue weighted by atomic mass is 9.86. The molecule has 0 bridgehead atoms. The molecular weight excluding hydrogens is 230 g/mol. The highest BCUT2D eigenvalue weighted by atomic mass is 35.5. The summed E-state index contributed by atoms with van der Waals surface area (Å²) in [6, 6.07) is 7.19. The molecule has 0 radical (unpaired) electrons. The summed E-state index contributed by atoms with van der Waals surface area (Å²) in [6.07, 6.45) is 0. The van der Waals surface area contributed by atoms with Crippen LogP contribution in [0, 0.1) is 5.41 Å². The van der Waals surface area contributed by atoms with Crippen LogP contribution in [0.15, 0.2) is 24.3 Å². The van der Waals surface area contributed by atoms with Gasteiger partial charge in [-0.1, -0.05) is 17.7 Å². The molecule has 1 aromatic rings. The summed E-state index contributed by atoms with van der Waals surface area (Å²) in [4.78, 5) is 11.0. The van der Waals surface area contributed by atoms with E-state index in [0.717, 1.165) is 5.69 Å². The number of aliphatic carboxylic acids is 1. The molecule has 86 valence electrons. The first-order valence-electron chi connectivity index (χ1n) is 4.93. The highest BCUT2D eigenvalue weighted by Gasteiger charge is 2.46. The van der Waals surface area contributed by atoms with Crippen molar-refractivity contribution in [3.05, 3.63) is 29.3 Å². The van der Waals surface area contributed by atoms with Crippen molar-refractivity contribution in [2.45, 2.75) is 0 Å². The fraction of sp³-hybridized carbons (Fsp3) is 0.364. The zero-order valence-electron chi connectivity index (χ0n) is 8.57. The van der Waals surface area contributed by atoms with E-state index in [0.29, 0.717) is 11.6 Å². The van der Waals surface area contributed by atoms with Crippen molar-refractivity contribution >= 4 is 23.3 Å². The maximum atomic E-state index is 11.0. The number of nitrogens with one attached hydrogen (secondary N) is 1. The standard InChI is InChI=1S/C11H12ClNO3/c12-8-2-1-3-9(4-8)13-5-11(10(14)15)6-16-7-11/h1-4,13H,5-7H2,(H,14,15). The molecule has 0 aromatic heterocycles. The molecule has 2 N–H and O–H groups in total. The molecule has 1 aliphatic rings. The van der Waals surface area contributed by atoms with Crippen LogP contribution in [-0.4, -0.2) is 30.8 Å². The maximum absolute atomic E-state index is 11.0. The number of carbonyl (C=O) groups is 1. The summed E-state index contributed by atoms with van der Waals surface area (Å²) in [5, 5.41) is 12.8. The summed E-state index contributed by atoms with van der Waals surface area (Å²) in [6.45, 7) is 0.870. The van der Waals surface area contributed by atoms with E-state index in [1.54, 1.807) is 12.1 Å². The number of benzene rings is 1. The molecule has 1 aliphatic heterocycles. The topological polar surface area (TPSA) is 58.6 Å². The zero-order valence-corrected chi connectivity index (χ0v) is 9.33. The molecule has 1 heterocycles. The first-order chi connectivity index (χ1) is 7.62. The van der Waals surface area contributed by atoms with Crippen LogP contribution in [0.3, 0.4) is 0 Å². The summed E-state index contributed by atoms with van der Waals surface area (Å²) in [5.41, 5.74) is 0.0301. The van der Waals surface area contributed by atoms with Crippen LogP contribution in [0.4, 0.5) is 5.69 Å². The normalized spacial score (nSPS) is 17.6. The Morgan fingerprint density at radius 2 is 2.31 bits per heavy atom. The van der Waals surface area contributed by atoms with Crippen LogP contribution >= 0.6 is 11.6 Å². The smallest absolute Gasteiger partial charge is 0.316 e. The Labute approximate surface area is 98.2 Å². The minimum Gasteiger partial charge on any atom is -0.481 e. The molecular formula is C11H12ClNO3. The summed E-state index contributed by atoms with van der Waals surface area (Å²) >= 11 is 5.82. The molecule has 0 aliphatic carbocycles. The van der Waals surface area contributed by atoms with Crippen LogP contribution < -0.4 is 5.32 Å². The monoisotopic (exact) mass is 241 g/mol. The number of hydrogen-bond acceptors (Lipinski definition) is 3. The number of carboxylic acid groups (broad SMARTS) is 1. The fourth-order valence-electron chi connectivity index (χ4n) is 1.52. The van der Waals surface area contributed by atoms with Crippen LogP contribution in [0.1, 0.15) is 0 Å². The van der Waals surface area contributed by atoms with E-state index in [1.165, 1.54) is 0 Å². The molecule has 2 rings (SSSR count). The molecule has 1 fully saturated rings. The first-order valence-corrected chi connectivity index (χ1v) is 5.31. The Morgan fingerprint density at radius 1 is 1.56 bits per heavy atom. The van der Waals surface area contributed by atoms with Gasteiger partial charge in [-0.05, 0) is 18.2 Å². The van der Waals surface area contributed by atoms with E-state index < -0.39 is 11.4 Å². The van der Waals surface area contributed by atoms with Crippen molar-refractivity contribution in [2.24, 2.45) is 5.41 Å². The number of ether oxygens (including phenoxy) is 1. The van der Waals surface area contributed by atoms with Crippen molar-refractivity contribution in [2.75, 3.05) is 25.1 Å². The fourth-order valence-corrected chi connectivity index (χ4v) is 1.71. The van der Waals surface area contributed by atoms with E-state index in [9.17, 15) is 4.79 Å². The van der Waals surface area contributed by atoms with Gasteiger partial charge in [-0.25, -0.2) is 0 Å². The van der Waals surface area contributed by atoms with Gasteiger partial charge in [0.25, 0.3) is 0 Å². The highest BCUT2D eigenvalue weighted by molar-refractivity contribution is 6.30. The van der Waals surface area contributed by atoms with Crippen LogP contribution in [0.5, 0.6) is 0 Å². The Kier molecular flexibility index (Phi) is 3.03. The predicted molar refractivity (Wildman–Crippen MR) is 60.8 cm³/mol. The Balaban J connectivity index is 1.99. The van der Waals surface area contributed by atoms with Gasteiger partial charge >= 0.3 is 5.97 Å². The van der Waals surface area contributed by atoms with Gasteiger partial charge < -0.3 is 15.2 Å². The van der Waals surface area contributed by atoms with Gasteiger partial charge in [-0.3, -0.25) is 4.79 Å². The quantitative estimate of drug-likeness (QED) is 0.845. The van der Waals surface area contributed by atoms with Crippen LogP contribution in [0.25, 0.3) is 0 Å². The molecule has 1 saturated heterocycles. The number of carboxylic acids is 1. The number of hydrogen-bond donors (Lipinski definition) is 2.